The molecule has 21 heavy (non-hydrogen) atoms. The molecule has 0 amide bonds. The Hall–Kier alpha value is -2.22. The zero-order chi connectivity index (χ0) is 15.6. The lowest BCUT2D eigenvalue weighted by Gasteiger charge is -2.21. The van der Waals surface area contributed by atoms with Crippen molar-refractivity contribution in [2.45, 2.75) is 36.6 Å². The Labute approximate surface area is 126 Å². The predicted octanol–water partition coefficient (Wildman–Crippen LogP) is 1.66. The highest BCUT2D eigenvalue weighted by Gasteiger charge is 2.16. The van der Waals surface area contributed by atoms with Crippen molar-refractivity contribution in [1.82, 2.24) is 15.0 Å². The van der Waals surface area contributed by atoms with Crippen molar-refractivity contribution in [3.63, 3.8) is 0 Å². The van der Waals surface area contributed by atoms with E-state index in [4.69, 9.17) is 16.2 Å². The first-order valence-corrected chi connectivity index (χ1v) is 7.05. The number of rotatable bonds is 3. The van der Waals surface area contributed by atoms with E-state index in [-0.39, 0.29) is 11.4 Å². The minimum absolute atomic E-state index is 0.155. The molecule has 0 unspecified atom stereocenters. The van der Waals surface area contributed by atoms with Gasteiger partial charge in [-0.25, -0.2) is 9.97 Å². The molecule has 0 bridgehead atoms. The molecule has 0 radical (unpaired) electrons. The van der Waals surface area contributed by atoms with Gasteiger partial charge in [-0.2, -0.15) is 0 Å². The highest BCUT2D eigenvalue weighted by atomic mass is 32.2. The Kier molecular flexibility index (Phi) is 4.08. The third-order valence-electron chi connectivity index (χ3n) is 2.21. The van der Waals surface area contributed by atoms with Crippen molar-refractivity contribution in [3.8, 4) is 5.88 Å². The van der Waals surface area contributed by atoms with Crippen LogP contribution in [0.5, 0.6) is 5.88 Å². The van der Waals surface area contributed by atoms with E-state index >= 15 is 0 Å². The van der Waals surface area contributed by atoms with Crippen LogP contribution >= 0.6 is 11.8 Å². The van der Waals surface area contributed by atoms with E-state index in [1.807, 2.05) is 20.8 Å². The number of nitrogens with two attached hydrogens (primary N) is 2. The monoisotopic (exact) mass is 307 g/mol. The van der Waals surface area contributed by atoms with E-state index in [0.717, 1.165) is 0 Å². The SMILES string of the molecule is CC(C)(C)Oc1nc(Sc2nc(N)cc(=O)[nH]2)ccc1N. The first-order valence-electron chi connectivity index (χ1n) is 6.23. The Morgan fingerprint density at radius 2 is 1.95 bits per heavy atom. The fourth-order valence-electron chi connectivity index (χ4n) is 1.46. The van der Waals surface area contributed by atoms with Gasteiger partial charge in [0.2, 0.25) is 5.88 Å². The largest absolute Gasteiger partial charge is 0.470 e. The van der Waals surface area contributed by atoms with Crippen LogP contribution in [0.25, 0.3) is 0 Å². The van der Waals surface area contributed by atoms with E-state index in [9.17, 15) is 4.79 Å². The molecule has 2 rings (SSSR count). The number of nitrogens with zero attached hydrogens (tertiary/aromatic N) is 2. The molecule has 0 saturated heterocycles. The van der Waals surface area contributed by atoms with Gasteiger partial charge in [0.1, 0.15) is 16.4 Å². The van der Waals surface area contributed by atoms with Gasteiger partial charge in [0, 0.05) is 6.07 Å². The molecule has 0 fully saturated rings. The molecule has 0 aliphatic carbocycles. The zero-order valence-electron chi connectivity index (χ0n) is 12.0. The van der Waals surface area contributed by atoms with E-state index in [1.165, 1.54) is 17.8 Å². The molecule has 112 valence electrons. The van der Waals surface area contributed by atoms with Gasteiger partial charge in [-0.05, 0) is 44.7 Å². The number of anilines is 2. The first-order chi connectivity index (χ1) is 9.73. The number of hydrogen-bond donors (Lipinski definition) is 3. The number of H-pyrrole nitrogens is 1. The second-order valence-electron chi connectivity index (χ2n) is 5.34. The Morgan fingerprint density at radius 1 is 1.24 bits per heavy atom. The van der Waals surface area contributed by atoms with Crippen LogP contribution in [0.15, 0.2) is 33.2 Å². The smallest absolute Gasteiger partial charge is 0.253 e. The lowest BCUT2D eigenvalue weighted by Crippen LogP contribution is -2.24. The fourth-order valence-corrected chi connectivity index (χ4v) is 2.23. The Balaban J connectivity index is 2.28. The summed E-state index contributed by atoms with van der Waals surface area (Å²) in [7, 11) is 0. The second kappa shape index (κ2) is 5.65. The topological polar surface area (TPSA) is 120 Å². The van der Waals surface area contributed by atoms with Gasteiger partial charge in [-0.1, -0.05) is 0 Å². The van der Waals surface area contributed by atoms with Crippen LogP contribution in [0.3, 0.4) is 0 Å². The minimum atomic E-state index is -0.409. The highest BCUT2D eigenvalue weighted by molar-refractivity contribution is 7.99. The average molecular weight is 307 g/mol. The number of nitrogens with one attached hydrogen (secondary N) is 1. The van der Waals surface area contributed by atoms with E-state index < -0.39 is 5.60 Å². The van der Waals surface area contributed by atoms with Crippen molar-refractivity contribution in [1.29, 1.82) is 0 Å². The summed E-state index contributed by atoms with van der Waals surface area (Å²) < 4.78 is 5.69. The van der Waals surface area contributed by atoms with Crippen molar-refractivity contribution >= 4 is 23.3 Å². The van der Waals surface area contributed by atoms with Crippen LogP contribution in [-0.2, 0) is 0 Å². The average Bonchev–Trinajstić information content (AvgIpc) is 2.30. The van der Waals surface area contributed by atoms with Gasteiger partial charge in [0.05, 0.1) is 5.69 Å². The maximum atomic E-state index is 11.4. The molecule has 0 atom stereocenters. The first kappa shape index (κ1) is 15.2. The summed E-state index contributed by atoms with van der Waals surface area (Å²) in [4.78, 5) is 22.3. The van der Waals surface area contributed by atoms with E-state index in [0.29, 0.717) is 21.7 Å². The normalized spacial score (nSPS) is 11.4. The zero-order valence-corrected chi connectivity index (χ0v) is 12.8. The van der Waals surface area contributed by atoms with Gasteiger partial charge in [-0.3, -0.25) is 4.79 Å². The van der Waals surface area contributed by atoms with Gasteiger partial charge >= 0.3 is 0 Å². The summed E-state index contributed by atoms with van der Waals surface area (Å²) >= 11 is 1.17. The standard InChI is InChI=1S/C13H17N5O2S/c1-13(2,3)20-11-7(14)4-5-10(18-11)21-12-16-8(15)6-9(19)17-12/h4-6H,14H2,1-3H3,(H3,15,16,17,19). The summed E-state index contributed by atoms with van der Waals surface area (Å²) in [6.45, 7) is 5.72. The lowest BCUT2D eigenvalue weighted by atomic mass is 10.2. The summed E-state index contributed by atoms with van der Waals surface area (Å²) in [5.41, 5.74) is 11.1. The summed E-state index contributed by atoms with van der Waals surface area (Å²) in [5.74, 6) is 0.501. The third-order valence-corrected chi connectivity index (χ3v) is 3.03. The van der Waals surface area contributed by atoms with Crippen molar-refractivity contribution in [2.24, 2.45) is 0 Å². The molecule has 2 aromatic heterocycles. The maximum Gasteiger partial charge on any atom is 0.253 e. The maximum absolute atomic E-state index is 11.4. The molecule has 8 heteroatoms. The van der Waals surface area contributed by atoms with Gasteiger partial charge in [0.15, 0.2) is 5.16 Å². The molecular formula is C13H17N5O2S. The van der Waals surface area contributed by atoms with Crippen LogP contribution in [0, 0.1) is 0 Å². The quantitative estimate of drug-likeness (QED) is 0.737. The second-order valence-corrected chi connectivity index (χ2v) is 6.34. The molecule has 2 aromatic rings. The van der Waals surface area contributed by atoms with Gasteiger partial charge in [0.25, 0.3) is 5.56 Å². The van der Waals surface area contributed by atoms with Crippen LogP contribution < -0.4 is 21.8 Å². The molecule has 5 N–H and O–H groups in total. The number of aromatic nitrogens is 3. The number of ether oxygens (including phenoxy) is 1. The van der Waals surface area contributed by atoms with Gasteiger partial charge in [-0.15, -0.1) is 0 Å². The summed E-state index contributed by atoms with van der Waals surface area (Å²) in [6, 6.07) is 4.63. The van der Waals surface area contributed by atoms with Crippen LogP contribution in [-0.4, -0.2) is 20.6 Å². The van der Waals surface area contributed by atoms with Crippen molar-refractivity contribution < 1.29 is 4.74 Å². The van der Waals surface area contributed by atoms with Crippen LogP contribution in [0.4, 0.5) is 11.5 Å². The molecule has 0 saturated carbocycles. The number of pyridine rings is 1. The third kappa shape index (κ3) is 4.38. The predicted molar refractivity (Wildman–Crippen MR) is 82.4 cm³/mol. The molecule has 0 aliphatic heterocycles. The van der Waals surface area contributed by atoms with E-state index in [2.05, 4.69) is 15.0 Å². The molecule has 0 spiro atoms. The molecule has 0 aromatic carbocycles. The summed E-state index contributed by atoms with van der Waals surface area (Å²) in [5, 5.41) is 0.955. The number of nitrogen functional groups attached to an aromatic ring is 2. The lowest BCUT2D eigenvalue weighted by molar-refractivity contribution is 0.124. The fraction of sp³-hybridized carbons (Fsp3) is 0.308. The van der Waals surface area contributed by atoms with Crippen molar-refractivity contribution in [2.75, 3.05) is 11.5 Å². The molecule has 2 heterocycles. The molecule has 0 aliphatic rings. The molecular weight excluding hydrogens is 290 g/mol. The van der Waals surface area contributed by atoms with E-state index in [1.54, 1.807) is 12.1 Å². The summed E-state index contributed by atoms with van der Waals surface area (Å²) in [6.07, 6.45) is 0. The Bertz CT molecular complexity index is 708. The van der Waals surface area contributed by atoms with Crippen molar-refractivity contribution in [3.05, 3.63) is 28.6 Å². The number of hydrogen-bond acceptors (Lipinski definition) is 7. The van der Waals surface area contributed by atoms with Crippen LogP contribution in [0.2, 0.25) is 0 Å². The molecule has 7 nitrogen and oxygen atoms in total. The highest BCUT2D eigenvalue weighted by Crippen LogP contribution is 2.29. The van der Waals surface area contributed by atoms with Gasteiger partial charge < -0.3 is 21.2 Å². The number of aromatic amines is 1. The minimum Gasteiger partial charge on any atom is -0.470 e. The Morgan fingerprint density at radius 3 is 2.57 bits per heavy atom. The van der Waals surface area contributed by atoms with Crippen LogP contribution in [0.1, 0.15) is 20.8 Å².